The zero-order valence-corrected chi connectivity index (χ0v) is 49.9. The molecule has 0 spiro atoms. The summed E-state index contributed by atoms with van der Waals surface area (Å²) in [5.74, 6) is -6.66. The minimum absolute atomic E-state index is 0.000668. The summed E-state index contributed by atoms with van der Waals surface area (Å²) in [6, 6.07) is 25.6. The van der Waals surface area contributed by atoms with Crippen molar-refractivity contribution in [2.24, 2.45) is 11.5 Å². The number of carbonyl (C=O) groups is 8. The van der Waals surface area contributed by atoms with Gasteiger partial charge in [0.2, 0.25) is 29.5 Å². The minimum atomic E-state index is -4.16. The number of rotatable bonds is 31. The largest absolute Gasteiger partial charge is 0.701 e. The zero-order valence-electron chi connectivity index (χ0n) is 49.0. The van der Waals surface area contributed by atoms with Crippen molar-refractivity contribution in [3.8, 4) is 28.2 Å². The lowest BCUT2D eigenvalue weighted by Gasteiger charge is -2.26. The number of hydrogen-bond acceptors (Lipinski definition) is 14. The van der Waals surface area contributed by atoms with Crippen molar-refractivity contribution in [1.82, 2.24) is 31.9 Å². The second-order valence-electron chi connectivity index (χ2n) is 21.3. The number of benzene rings is 6. The second-order valence-corrected chi connectivity index (χ2v) is 22.0. The molecule has 472 valence electrons. The van der Waals surface area contributed by atoms with Crippen molar-refractivity contribution >= 4 is 66.5 Å². The number of fused-ring (bicyclic) bond motifs is 2. The molecule has 0 bridgehead atoms. The van der Waals surface area contributed by atoms with E-state index in [1.54, 1.807) is 48.5 Å². The fourth-order valence-electron chi connectivity index (χ4n) is 9.85. The monoisotopic (exact) mass is 1260 g/mol. The molecule has 5 aromatic rings. The Kier molecular flexibility index (Phi) is 23.6. The number of carbonyl (C=O) groups excluding carboxylic acids is 7. The molecule has 90 heavy (non-hydrogen) atoms. The van der Waals surface area contributed by atoms with E-state index in [-0.39, 0.29) is 109 Å². The topological polar surface area (TPSA) is 378 Å². The molecule has 2 aliphatic rings. The van der Waals surface area contributed by atoms with E-state index in [9.17, 15) is 66.7 Å². The van der Waals surface area contributed by atoms with E-state index in [0.29, 0.717) is 34.1 Å². The first-order chi connectivity index (χ1) is 42.9. The van der Waals surface area contributed by atoms with Gasteiger partial charge in [-0.3, -0.25) is 38.4 Å². The first kappa shape index (κ1) is 67.7. The number of nitrogens with two attached hydrogens (primary N) is 2. The Labute approximate surface area is 515 Å². The number of primary amides is 1. The van der Waals surface area contributed by atoms with E-state index in [1.165, 1.54) is 67.6 Å². The molecule has 6 atom stereocenters. The predicted octanol–water partition coefficient (Wildman–Crippen LogP) is 6.00. The van der Waals surface area contributed by atoms with E-state index in [0.717, 1.165) is 24.1 Å². The SMILES string of the molecule is CCc1ccc(C(=O)NCCCCC(NC(=O)C(Cc2ccc(C(F)(F)O[P+](=O)O)cc2)NC(=O)C(N)Cc2ccccc2)C(=O)NC(C)C(=O)NC(CCCCNC(=O)c2ccc(-c3c4ccc(=O)cc-4oc4cc(O)ccc34)c(C(=O)O)c2)C(N)=O)cc1. The fraction of sp³-hybridized carbons (Fsp3) is 0.297. The summed E-state index contributed by atoms with van der Waals surface area (Å²) >= 11 is 0. The molecule has 1 aliphatic carbocycles. The van der Waals surface area contributed by atoms with Gasteiger partial charge in [0.1, 0.15) is 41.3 Å². The van der Waals surface area contributed by atoms with E-state index in [4.69, 9.17) is 20.8 Å². The maximum atomic E-state index is 14.6. The van der Waals surface area contributed by atoms with Crippen LogP contribution in [0.2, 0.25) is 0 Å². The van der Waals surface area contributed by atoms with Crippen LogP contribution >= 0.6 is 8.25 Å². The quantitative estimate of drug-likeness (QED) is 0.0135. The lowest BCUT2D eigenvalue weighted by Crippen LogP contribution is -2.58. The smallest absolute Gasteiger partial charge is 0.508 e. The number of aromatic hydroxyl groups is 1. The normalized spacial score (nSPS) is 13.2. The van der Waals surface area contributed by atoms with Crippen molar-refractivity contribution < 1.29 is 75.7 Å². The molecule has 7 amide bonds. The van der Waals surface area contributed by atoms with Crippen LogP contribution in [0.3, 0.4) is 0 Å². The van der Waals surface area contributed by atoms with Crippen LogP contribution in [0, 0.1) is 0 Å². The summed E-state index contributed by atoms with van der Waals surface area (Å²) in [5.41, 5.74) is 14.2. The van der Waals surface area contributed by atoms with Crippen LogP contribution in [0.4, 0.5) is 8.78 Å². The molecule has 0 radical (unpaired) electrons. The summed E-state index contributed by atoms with van der Waals surface area (Å²) in [6.45, 7) is 3.50. The van der Waals surface area contributed by atoms with Crippen LogP contribution in [0.25, 0.3) is 33.4 Å². The number of hydrogen-bond donors (Lipinski definition) is 11. The van der Waals surface area contributed by atoms with Gasteiger partial charge in [-0.2, -0.15) is 8.78 Å². The highest BCUT2D eigenvalue weighted by molar-refractivity contribution is 7.32. The number of carboxylic acids is 1. The number of phenols is 1. The number of unbranched alkanes of at least 4 members (excludes halogenated alkanes) is 2. The third-order valence-corrected chi connectivity index (χ3v) is 15.1. The number of nitrogens with one attached hydrogen (secondary N) is 6. The lowest BCUT2D eigenvalue weighted by molar-refractivity contribution is -0.186. The van der Waals surface area contributed by atoms with E-state index in [2.05, 4.69) is 36.4 Å². The van der Waals surface area contributed by atoms with Gasteiger partial charge in [0.25, 0.3) is 11.8 Å². The molecular formula is C64H68F2N8O15P+. The average Bonchev–Trinajstić information content (AvgIpc) is 0.787. The number of aromatic carboxylic acids is 1. The van der Waals surface area contributed by atoms with Crippen molar-refractivity contribution in [2.45, 2.75) is 108 Å². The number of carboxylic acid groups (broad SMARTS) is 1. The second kappa shape index (κ2) is 31.4. The molecule has 13 N–H and O–H groups in total. The lowest BCUT2D eigenvalue weighted by atomic mass is 9.90. The highest BCUT2D eigenvalue weighted by Gasteiger charge is 2.43. The summed E-state index contributed by atoms with van der Waals surface area (Å²) in [7, 11) is -3.69. The summed E-state index contributed by atoms with van der Waals surface area (Å²) < 4.78 is 49.9. The van der Waals surface area contributed by atoms with Gasteiger partial charge in [0.15, 0.2) is 5.43 Å². The Morgan fingerprint density at radius 1 is 0.644 bits per heavy atom. The first-order valence-electron chi connectivity index (χ1n) is 28.8. The Bertz CT molecular complexity index is 3800. The number of amides is 7. The number of alkyl halides is 2. The van der Waals surface area contributed by atoms with Crippen LogP contribution in [-0.4, -0.2) is 106 Å². The van der Waals surface area contributed by atoms with Gasteiger partial charge < -0.3 is 58.0 Å². The van der Waals surface area contributed by atoms with Crippen LogP contribution in [-0.2, 0) is 58.4 Å². The molecule has 5 aromatic carbocycles. The van der Waals surface area contributed by atoms with Crippen LogP contribution in [0.1, 0.15) is 106 Å². The number of aryl methyl sites for hydroxylation is 1. The molecule has 1 heterocycles. The third kappa shape index (κ3) is 18.6. The third-order valence-electron chi connectivity index (χ3n) is 14.7. The minimum Gasteiger partial charge on any atom is -0.508 e. The van der Waals surface area contributed by atoms with Crippen molar-refractivity contribution in [3.05, 3.63) is 183 Å². The Hall–Kier alpha value is -9.81. The number of phenolic OH excluding ortho intramolecular Hbond substituents is 1. The van der Waals surface area contributed by atoms with Gasteiger partial charge in [0.05, 0.1) is 17.2 Å². The molecular weight excluding hydrogens is 1190 g/mol. The molecule has 0 saturated heterocycles. The molecule has 23 nitrogen and oxygen atoms in total. The molecule has 7 rings (SSSR count). The summed E-state index contributed by atoms with van der Waals surface area (Å²) in [6.07, 6.45) is -2.78. The molecule has 0 saturated carbocycles. The number of halogens is 2. The zero-order chi connectivity index (χ0) is 65.2. The standard InChI is InChI=1S/C64H67F2N8O15P/c1-3-37-15-19-40(20-16-37)58(79)69-29-10-8-14-51(73-62(83)52(74-60(81)49(67)31-38-11-5-4-6-12-38)32-39-17-22-42(23-18-39)64(65,66)89-90(86)87)61(82)71-36(2)57(78)72-50(56(68)77)13-7-9-30-70-59(80)41-21-26-45(48(33-41)63(84)85)55-46-27-24-43(75)34-53(46)88-54-35-44(76)25-28-47(54)55/h4-6,11-12,15-28,33-36,49-52H,3,7-10,13-14,29-32,67H2,1-2H3,(H10-,68,69,70,71,72,73,74,75,76,77,78,79,80,81,82,83,84,85,86,87)/p+1. The molecule has 1 aliphatic heterocycles. The van der Waals surface area contributed by atoms with Gasteiger partial charge in [-0.05, 0) is 146 Å². The first-order valence-corrected chi connectivity index (χ1v) is 29.9. The predicted molar refractivity (Wildman–Crippen MR) is 327 cm³/mol. The average molecular weight is 1260 g/mol. The van der Waals surface area contributed by atoms with Gasteiger partial charge in [-0.15, -0.1) is 4.89 Å². The molecule has 0 fully saturated rings. The highest BCUT2D eigenvalue weighted by atomic mass is 31.1. The maximum Gasteiger partial charge on any atom is 0.701 e. The summed E-state index contributed by atoms with van der Waals surface area (Å²) in [5, 5.41) is 36.8. The molecule has 26 heteroatoms. The van der Waals surface area contributed by atoms with E-state index >= 15 is 0 Å². The molecule has 6 unspecified atom stereocenters. The Balaban J connectivity index is 0.995. The van der Waals surface area contributed by atoms with Crippen molar-refractivity contribution in [3.63, 3.8) is 0 Å². The van der Waals surface area contributed by atoms with Gasteiger partial charge >= 0.3 is 20.3 Å². The van der Waals surface area contributed by atoms with Gasteiger partial charge in [0, 0.05) is 63.8 Å². The van der Waals surface area contributed by atoms with E-state index in [1.807, 2.05) is 19.1 Å². The fourth-order valence-corrected chi connectivity index (χ4v) is 10.2. The maximum absolute atomic E-state index is 14.6. The van der Waals surface area contributed by atoms with Crippen LogP contribution < -0.4 is 48.8 Å². The van der Waals surface area contributed by atoms with Crippen molar-refractivity contribution in [1.29, 1.82) is 0 Å². The van der Waals surface area contributed by atoms with Crippen LogP contribution in [0.5, 0.6) is 5.75 Å². The Morgan fingerprint density at radius 3 is 1.86 bits per heavy atom. The highest BCUT2D eigenvalue weighted by Crippen LogP contribution is 2.42. The van der Waals surface area contributed by atoms with Gasteiger partial charge in [-0.25, -0.2) is 4.79 Å². The summed E-state index contributed by atoms with van der Waals surface area (Å²) in [4.78, 5) is 129. The Morgan fingerprint density at radius 2 is 1.22 bits per heavy atom. The van der Waals surface area contributed by atoms with Crippen LogP contribution in [0.15, 0.2) is 143 Å². The van der Waals surface area contributed by atoms with E-state index < -0.39 is 91.5 Å². The van der Waals surface area contributed by atoms with Crippen molar-refractivity contribution in [2.75, 3.05) is 13.1 Å². The molecule has 0 aromatic heterocycles. The van der Waals surface area contributed by atoms with Gasteiger partial charge in [-0.1, -0.05) is 67.6 Å².